The molecule has 3 N–H and O–H groups in total. The van der Waals surface area contributed by atoms with Crippen LogP contribution in [0, 0.1) is 0 Å². The fourth-order valence-corrected chi connectivity index (χ4v) is 2.96. The number of benzene rings is 1. The van der Waals surface area contributed by atoms with Crippen LogP contribution in [0.25, 0.3) is 0 Å². The summed E-state index contributed by atoms with van der Waals surface area (Å²) >= 11 is 0. The Labute approximate surface area is 154 Å². The van der Waals surface area contributed by atoms with E-state index in [1.165, 1.54) is 7.11 Å². The van der Waals surface area contributed by atoms with Crippen LogP contribution < -0.4 is 25.3 Å². The second-order valence-electron chi connectivity index (χ2n) is 6.15. The van der Waals surface area contributed by atoms with Crippen molar-refractivity contribution in [1.82, 2.24) is 5.32 Å². The summed E-state index contributed by atoms with van der Waals surface area (Å²) in [5, 5.41) is 2.88. The van der Waals surface area contributed by atoms with Gasteiger partial charge in [0.15, 0.2) is 11.5 Å². The van der Waals surface area contributed by atoms with E-state index in [1.54, 1.807) is 26.4 Å². The predicted molar refractivity (Wildman–Crippen MR) is 98.8 cm³/mol. The molecule has 0 aliphatic heterocycles. The normalized spacial score (nSPS) is 19.8. The molecule has 1 amide bonds. The van der Waals surface area contributed by atoms with E-state index in [1.807, 2.05) is 0 Å². The second-order valence-corrected chi connectivity index (χ2v) is 6.15. The average Bonchev–Trinajstić information content (AvgIpc) is 2.65. The van der Waals surface area contributed by atoms with Gasteiger partial charge in [-0.2, -0.15) is 0 Å². The molecule has 0 unspecified atom stereocenters. The van der Waals surface area contributed by atoms with Crippen molar-refractivity contribution in [1.29, 1.82) is 0 Å². The maximum atomic E-state index is 12.2. The maximum absolute atomic E-state index is 12.2. The van der Waals surface area contributed by atoms with E-state index in [9.17, 15) is 4.79 Å². The summed E-state index contributed by atoms with van der Waals surface area (Å²) in [4.78, 5) is 12.2. The zero-order valence-corrected chi connectivity index (χ0v) is 15.6. The van der Waals surface area contributed by atoms with E-state index in [-0.39, 0.29) is 18.7 Å². The first-order chi connectivity index (χ1) is 12.6. The van der Waals surface area contributed by atoms with Gasteiger partial charge in [0.2, 0.25) is 5.75 Å². The van der Waals surface area contributed by atoms with Gasteiger partial charge in [0, 0.05) is 12.1 Å². The van der Waals surface area contributed by atoms with E-state index in [2.05, 4.69) is 17.5 Å². The van der Waals surface area contributed by atoms with Gasteiger partial charge in [0.05, 0.1) is 21.3 Å². The molecule has 1 aliphatic carbocycles. The fraction of sp³-hybridized carbons (Fsp3) is 0.526. The van der Waals surface area contributed by atoms with Crippen molar-refractivity contribution in [2.75, 3.05) is 21.3 Å². The molecule has 0 aromatic heterocycles. The van der Waals surface area contributed by atoms with Crippen molar-refractivity contribution in [3.05, 3.63) is 29.8 Å². The summed E-state index contributed by atoms with van der Waals surface area (Å²) in [6.45, 7) is 0.0877. The molecule has 0 heterocycles. The third kappa shape index (κ3) is 5.29. The van der Waals surface area contributed by atoms with Crippen LogP contribution >= 0.6 is 0 Å². The highest BCUT2D eigenvalue weighted by Crippen LogP contribution is 2.38. The fourth-order valence-electron chi connectivity index (χ4n) is 2.96. The molecule has 0 bridgehead atoms. The number of carbonyl (C=O) groups is 1. The van der Waals surface area contributed by atoms with Gasteiger partial charge >= 0.3 is 6.09 Å². The number of rotatable bonds is 6. The first-order valence-corrected chi connectivity index (χ1v) is 8.71. The predicted octanol–water partition coefficient (Wildman–Crippen LogP) is 2.76. The van der Waals surface area contributed by atoms with Crippen molar-refractivity contribution < 1.29 is 23.7 Å². The minimum absolute atomic E-state index is 0.0753. The molecule has 26 heavy (non-hydrogen) atoms. The highest BCUT2D eigenvalue weighted by Gasteiger charge is 2.21. The van der Waals surface area contributed by atoms with Gasteiger partial charge in [-0.3, -0.25) is 0 Å². The quantitative estimate of drug-likeness (QED) is 0.754. The van der Waals surface area contributed by atoms with Crippen LogP contribution in [-0.2, 0) is 11.3 Å². The van der Waals surface area contributed by atoms with Crippen molar-refractivity contribution in [2.45, 2.75) is 44.4 Å². The summed E-state index contributed by atoms with van der Waals surface area (Å²) in [5.41, 5.74) is 6.90. The number of nitrogens with one attached hydrogen (secondary N) is 1. The summed E-state index contributed by atoms with van der Waals surface area (Å²) in [6.07, 6.45) is 7.25. The van der Waals surface area contributed by atoms with Gasteiger partial charge < -0.3 is 30.0 Å². The molecular weight excluding hydrogens is 336 g/mol. The second kappa shape index (κ2) is 9.91. The maximum Gasteiger partial charge on any atom is 0.407 e. The molecule has 7 nitrogen and oxygen atoms in total. The summed E-state index contributed by atoms with van der Waals surface area (Å²) in [6, 6.07) is 3.34. The molecule has 0 fully saturated rings. The smallest absolute Gasteiger partial charge is 0.407 e. The van der Waals surface area contributed by atoms with E-state index in [4.69, 9.17) is 24.7 Å². The topological polar surface area (TPSA) is 92.0 Å². The van der Waals surface area contributed by atoms with Gasteiger partial charge in [-0.15, -0.1) is 0 Å². The van der Waals surface area contributed by atoms with Crippen molar-refractivity contribution in [3.63, 3.8) is 0 Å². The monoisotopic (exact) mass is 364 g/mol. The molecule has 0 spiro atoms. The molecule has 144 valence electrons. The Bertz CT molecular complexity index is 607. The Kier molecular flexibility index (Phi) is 7.59. The Morgan fingerprint density at radius 2 is 1.69 bits per heavy atom. The number of hydrogen-bond donors (Lipinski definition) is 2. The lowest BCUT2D eigenvalue weighted by molar-refractivity contribution is 0.132. The minimum Gasteiger partial charge on any atom is -0.493 e. The zero-order valence-electron chi connectivity index (χ0n) is 15.6. The van der Waals surface area contributed by atoms with Gasteiger partial charge in [-0.25, -0.2) is 4.79 Å². The average molecular weight is 364 g/mol. The number of carbonyl (C=O) groups excluding carboxylic acids is 1. The third-order valence-corrected chi connectivity index (χ3v) is 4.39. The molecule has 7 heteroatoms. The minimum atomic E-state index is -0.483. The first kappa shape index (κ1) is 19.9. The Balaban J connectivity index is 1.97. The first-order valence-electron chi connectivity index (χ1n) is 8.71. The number of methoxy groups -OCH3 is 3. The lowest BCUT2D eigenvalue weighted by Gasteiger charge is -2.25. The lowest BCUT2D eigenvalue weighted by atomic mass is 9.96. The third-order valence-electron chi connectivity index (χ3n) is 4.39. The van der Waals surface area contributed by atoms with Crippen LogP contribution in [0.15, 0.2) is 24.3 Å². The summed E-state index contributed by atoms with van der Waals surface area (Å²) < 4.78 is 21.2. The van der Waals surface area contributed by atoms with E-state index < -0.39 is 6.09 Å². The van der Waals surface area contributed by atoms with E-state index in [0.29, 0.717) is 17.2 Å². The molecular formula is C19H28N2O5. The molecule has 1 aromatic carbocycles. The van der Waals surface area contributed by atoms with Crippen LogP contribution in [-0.4, -0.2) is 39.5 Å². The number of ether oxygens (including phenoxy) is 4. The van der Waals surface area contributed by atoms with Crippen LogP contribution in [0.5, 0.6) is 17.2 Å². The van der Waals surface area contributed by atoms with Crippen molar-refractivity contribution >= 4 is 6.09 Å². The summed E-state index contributed by atoms with van der Waals surface area (Å²) in [7, 11) is 4.62. The van der Waals surface area contributed by atoms with Crippen LogP contribution in [0.3, 0.4) is 0 Å². The molecule has 2 rings (SSSR count). The van der Waals surface area contributed by atoms with E-state index in [0.717, 1.165) is 31.2 Å². The summed E-state index contributed by atoms with van der Waals surface area (Å²) in [5.74, 6) is 1.52. The number of allylic oxidation sites excluding steroid dienone is 2. The lowest BCUT2D eigenvalue weighted by Crippen LogP contribution is -2.47. The van der Waals surface area contributed by atoms with Gasteiger partial charge in [-0.1, -0.05) is 12.2 Å². The molecule has 1 aliphatic rings. The SMILES string of the molecule is COc1cc(COC(=O)N[C@H]2CCC=CCC[C@@H]2N)cc(OC)c1OC. The molecule has 2 atom stereocenters. The number of nitrogens with two attached hydrogens (primary N) is 1. The molecule has 0 saturated heterocycles. The molecule has 1 aromatic rings. The Morgan fingerprint density at radius 1 is 1.08 bits per heavy atom. The Hall–Kier alpha value is -2.41. The number of alkyl carbamates (subject to hydrolysis) is 1. The van der Waals surface area contributed by atoms with Gasteiger partial charge in [0.1, 0.15) is 6.61 Å². The van der Waals surface area contributed by atoms with Gasteiger partial charge in [0.25, 0.3) is 0 Å². The molecule has 0 saturated carbocycles. The van der Waals surface area contributed by atoms with Crippen LogP contribution in [0.2, 0.25) is 0 Å². The Morgan fingerprint density at radius 3 is 2.27 bits per heavy atom. The van der Waals surface area contributed by atoms with Crippen LogP contribution in [0.1, 0.15) is 31.2 Å². The van der Waals surface area contributed by atoms with E-state index >= 15 is 0 Å². The largest absolute Gasteiger partial charge is 0.493 e. The standard InChI is InChI=1S/C19H28N2O5/c1-23-16-10-13(11-17(24-2)18(16)25-3)12-26-19(22)21-15-9-7-5-4-6-8-14(15)20/h4-5,10-11,14-15H,6-9,12,20H2,1-3H3,(H,21,22)/t14-,15-/m0/s1. The highest BCUT2D eigenvalue weighted by molar-refractivity contribution is 5.67. The van der Waals surface area contributed by atoms with Crippen LogP contribution in [0.4, 0.5) is 4.79 Å². The van der Waals surface area contributed by atoms with Crippen molar-refractivity contribution in [3.8, 4) is 17.2 Å². The molecule has 0 radical (unpaired) electrons. The highest BCUT2D eigenvalue weighted by atomic mass is 16.5. The van der Waals surface area contributed by atoms with Gasteiger partial charge in [-0.05, 0) is 43.4 Å². The zero-order chi connectivity index (χ0) is 18.9. The van der Waals surface area contributed by atoms with Crippen molar-refractivity contribution in [2.24, 2.45) is 5.73 Å². The number of hydrogen-bond acceptors (Lipinski definition) is 6. The number of amides is 1.